The van der Waals surface area contributed by atoms with Crippen LogP contribution in [-0.2, 0) is 26.5 Å². The van der Waals surface area contributed by atoms with Crippen LogP contribution >= 0.6 is 0 Å². The summed E-state index contributed by atoms with van der Waals surface area (Å²) in [6.07, 6.45) is 1.89. The van der Waals surface area contributed by atoms with Gasteiger partial charge in [-0.05, 0) is 46.3 Å². The predicted octanol–water partition coefficient (Wildman–Crippen LogP) is 9.87. The number of benzene rings is 5. The van der Waals surface area contributed by atoms with E-state index in [9.17, 15) is 0 Å². The molecule has 0 atom stereocenters. The SMILES string of the molecule is CC(C)(C)c1ccnc(-n2c3[c-]c(Oc4[c-]c(-n5nc6ccccc6c5-c5ccccc5)ccc4)ccc3c3ccccc32)c1.[Pt+2]. The zero-order valence-electron chi connectivity index (χ0n) is 25.6. The average Bonchev–Trinajstić information content (AvgIpc) is 3.61. The maximum absolute atomic E-state index is 6.45. The van der Waals surface area contributed by atoms with Crippen molar-refractivity contribution in [3.05, 3.63) is 145 Å². The summed E-state index contributed by atoms with van der Waals surface area (Å²) in [5, 5.41) is 8.27. The summed E-state index contributed by atoms with van der Waals surface area (Å²) >= 11 is 0. The van der Waals surface area contributed by atoms with Gasteiger partial charge in [-0.25, -0.2) is 4.98 Å². The summed E-state index contributed by atoms with van der Waals surface area (Å²) < 4.78 is 10.6. The summed E-state index contributed by atoms with van der Waals surface area (Å²) in [5.74, 6) is 2.03. The van der Waals surface area contributed by atoms with Crippen molar-refractivity contribution >= 4 is 32.7 Å². The van der Waals surface area contributed by atoms with E-state index < -0.39 is 0 Å². The van der Waals surface area contributed by atoms with Crippen LogP contribution in [0.1, 0.15) is 26.3 Å². The van der Waals surface area contributed by atoms with Crippen LogP contribution in [0.4, 0.5) is 0 Å². The molecule has 0 saturated heterocycles. The van der Waals surface area contributed by atoms with Gasteiger partial charge in [0, 0.05) is 34.2 Å². The standard InChI is InChI=1S/C40H30N4O.Pt/c1-40(2,3)28-22-23-41-38(24-28)43-36-19-10-8-16-32(36)33-21-20-31(26-37(33)43)45-30-15-11-14-29(25-30)44-39(27-12-5-4-6-13-27)34-17-7-9-18-35(34)42-44;/h4-24H,1-3H3;/q-2;+2. The molecule has 46 heavy (non-hydrogen) atoms. The molecule has 0 unspecified atom stereocenters. The zero-order chi connectivity index (χ0) is 30.5. The van der Waals surface area contributed by atoms with E-state index in [0.717, 1.165) is 55.5 Å². The molecule has 0 fully saturated rings. The first-order chi connectivity index (χ1) is 21.9. The molecule has 3 aromatic heterocycles. The van der Waals surface area contributed by atoms with E-state index >= 15 is 0 Å². The Hall–Kier alpha value is -4.99. The van der Waals surface area contributed by atoms with Crippen molar-refractivity contribution in [3.63, 3.8) is 0 Å². The van der Waals surface area contributed by atoms with Gasteiger partial charge >= 0.3 is 21.1 Å². The number of rotatable bonds is 5. The quantitative estimate of drug-likeness (QED) is 0.164. The molecule has 0 bridgehead atoms. The molecule has 0 amide bonds. The third-order valence-electron chi connectivity index (χ3n) is 8.22. The molecule has 8 aromatic rings. The summed E-state index contributed by atoms with van der Waals surface area (Å²) in [4.78, 5) is 4.79. The van der Waals surface area contributed by atoms with E-state index in [0.29, 0.717) is 11.5 Å². The normalized spacial score (nSPS) is 11.6. The average molecular weight is 778 g/mol. The number of ether oxygens (including phenoxy) is 1. The van der Waals surface area contributed by atoms with E-state index in [1.165, 1.54) is 5.56 Å². The van der Waals surface area contributed by atoms with Crippen LogP contribution in [0.3, 0.4) is 0 Å². The molecule has 0 spiro atoms. The van der Waals surface area contributed by atoms with E-state index in [2.05, 4.69) is 98.1 Å². The van der Waals surface area contributed by atoms with Crippen LogP contribution in [0.2, 0.25) is 0 Å². The van der Waals surface area contributed by atoms with Gasteiger partial charge in [0.25, 0.3) is 0 Å². The van der Waals surface area contributed by atoms with Crippen LogP contribution in [0.25, 0.3) is 55.5 Å². The summed E-state index contributed by atoms with van der Waals surface area (Å²) in [6.45, 7) is 6.65. The maximum atomic E-state index is 6.45. The third kappa shape index (κ3) is 5.21. The number of fused-ring (bicyclic) bond motifs is 4. The van der Waals surface area contributed by atoms with Crippen LogP contribution in [0.5, 0.6) is 11.5 Å². The van der Waals surface area contributed by atoms with Crippen LogP contribution in [-0.4, -0.2) is 19.3 Å². The molecule has 5 aromatic carbocycles. The van der Waals surface area contributed by atoms with Crippen LogP contribution in [0.15, 0.2) is 128 Å². The molecule has 0 saturated carbocycles. The minimum absolute atomic E-state index is 0. The Balaban J connectivity index is 0.00000338. The second kappa shape index (κ2) is 11.7. The molecule has 0 aliphatic carbocycles. The van der Waals surface area contributed by atoms with E-state index in [4.69, 9.17) is 14.8 Å². The number of hydrogen-bond acceptors (Lipinski definition) is 3. The summed E-state index contributed by atoms with van der Waals surface area (Å²) in [7, 11) is 0. The minimum atomic E-state index is -0.00388. The maximum Gasteiger partial charge on any atom is 2.00 e. The number of hydrogen-bond donors (Lipinski definition) is 0. The Kier molecular flexibility index (Phi) is 7.58. The molecular formula is C40H30N4OPt. The molecule has 3 heterocycles. The molecule has 5 nitrogen and oxygen atoms in total. The van der Waals surface area contributed by atoms with Crippen LogP contribution < -0.4 is 4.74 Å². The number of nitrogens with zero attached hydrogens (tertiary/aromatic N) is 4. The van der Waals surface area contributed by atoms with Crippen molar-refractivity contribution in [1.29, 1.82) is 0 Å². The Morgan fingerprint density at radius 3 is 2.24 bits per heavy atom. The second-order valence-corrected chi connectivity index (χ2v) is 12.2. The van der Waals surface area contributed by atoms with E-state index in [-0.39, 0.29) is 26.5 Å². The van der Waals surface area contributed by atoms with Gasteiger partial charge in [-0.15, -0.1) is 35.7 Å². The fourth-order valence-corrected chi connectivity index (χ4v) is 6.00. The van der Waals surface area contributed by atoms with Crippen molar-refractivity contribution in [2.45, 2.75) is 26.2 Å². The first kappa shape index (κ1) is 29.7. The van der Waals surface area contributed by atoms with Gasteiger partial charge in [0.15, 0.2) is 0 Å². The van der Waals surface area contributed by atoms with E-state index in [1.54, 1.807) is 0 Å². The van der Waals surface area contributed by atoms with Gasteiger partial charge in [0.2, 0.25) is 0 Å². The van der Waals surface area contributed by atoms with Gasteiger partial charge in [0.1, 0.15) is 5.82 Å². The molecule has 8 rings (SSSR count). The zero-order valence-corrected chi connectivity index (χ0v) is 27.9. The van der Waals surface area contributed by atoms with Gasteiger partial charge in [0.05, 0.1) is 11.2 Å². The van der Waals surface area contributed by atoms with Crippen LogP contribution in [0, 0.1) is 12.1 Å². The third-order valence-corrected chi connectivity index (χ3v) is 8.22. The smallest absolute Gasteiger partial charge is 0.509 e. The molecule has 6 heteroatoms. The molecule has 0 aliphatic rings. The fraction of sp³-hybridized carbons (Fsp3) is 0.100. The predicted molar refractivity (Wildman–Crippen MR) is 182 cm³/mol. The molecule has 0 aliphatic heterocycles. The van der Waals surface area contributed by atoms with Crippen molar-refractivity contribution < 1.29 is 25.8 Å². The number of pyridine rings is 1. The van der Waals surface area contributed by atoms with Crippen molar-refractivity contribution in [3.8, 4) is 34.3 Å². The first-order valence-electron chi connectivity index (χ1n) is 15.1. The second-order valence-electron chi connectivity index (χ2n) is 12.2. The minimum Gasteiger partial charge on any atom is -0.509 e. The van der Waals surface area contributed by atoms with Gasteiger partial charge in [-0.1, -0.05) is 93.0 Å². The van der Waals surface area contributed by atoms with Crippen molar-refractivity contribution in [2.24, 2.45) is 0 Å². The first-order valence-corrected chi connectivity index (χ1v) is 15.1. The van der Waals surface area contributed by atoms with Gasteiger partial charge in [-0.2, -0.15) is 17.2 Å². The van der Waals surface area contributed by atoms with E-state index in [1.807, 2.05) is 71.5 Å². The monoisotopic (exact) mass is 777 g/mol. The largest absolute Gasteiger partial charge is 2.00 e. The van der Waals surface area contributed by atoms with Gasteiger partial charge in [-0.3, -0.25) is 4.68 Å². The summed E-state index contributed by atoms with van der Waals surface area (Å²) in [5.41, 5.74) is 7.02. The molecule has 226 valence electrons. The topological polar surface area (TPSA) is 44.9 Å². The van der Waals surface area contributed by atoms with Crippen molar-refractivity contribution in [1.82, 2.24) is 19.3 Å². The fourth-order valence-electron chi connectivity index (χ4n) is 6.00. The number of aromatic nitrogens is 4. The Morgan fingerprint density at radius 2 is 1.41 bits per heavy atom. The van der Waals surface area contributed by atoms with Gasteiger partial charge < -0.3 is 9.30 Å². The molecule has 0 N–H and O–H groups in total. The number of para-hydroxylation sites is 1. The Morgan fingerprint density at radius 1 is 0.674 bits per heavy atom. The molecule has 0 radical (unpaired) electrons. The Bertz CT molecular complexity index is 2350. The Labute approximate surface area is 282 Å². The summed E-state index contributed by atoms with van der Waals surface area (Å²) in [6, 6.07) is 48.2. The molecular weight excluding hydrogens is 748 g/mol. The van der Waals surface area contributed by atoms with Crippen molar-refractivity contribution in [2.75, 3.05) is 0 Å².